The van der Waals surface area contributed by atoms with E-state index in [0.717, 1.165) is 36.0 Å². The molecular weight excluding hydrogens is 480 g/mol. The Labute approximate surface area is 218 Å². The Kier molecular flexibility index (Phi) is 7.10. The zero-order valence-electron chi connectivity index (χ0n) is 20.8. The first-order valence-corrected chi connectivity index (χ1v) is 14.0. The molecule has 0 aromatic heterocycles. The van der Waals surface area contributed by atoms with Gasteiger partial charge in [0.1, 0.15) is 0 Å². The molecule has 1 aliphatic rings. The third-order valence-electron chi connectivity index (χ3n) is 6.87. The third-order valence-corrected chi connectivity index (χ3v) is 8.64. The predicted molar refractivity (Wildman–Crippen MR) is 147 cm³/mol. The number of fused-ring (bicyclic) bond motifs is 1. The van der Waals surface area contributed by atoms with Crippen LogP contribution in [0.2, 0.25) is 0 Å². The minimum atomic E-state index is -3.95. The molecule has 0 spiro atoms. The van der Waals surface area contributed by atoms with Crippen molar-refractivity contribution in [1.82, 2.24) is 5.32 Å². The molecule has 0 heterocycles. The van der Waals surface area contributed by atoms with Gasteiger partial charge in [0.15, 0.2) is 0 Å². The molecule has 5 rings (SSSR count). The Bertz CT molecular complexity index is 1500. The summed E-state index contributed by atoms with van der Waals surface area (Å²) in [6.07, 6.45) is 2.84. The first kappa shape index (κ1) is 24.8. The lowest BCUT2D eigenvalue weighted by Crippen LogP contribution is -2.35. The summed E-state index contributed by atoms with van der Waals surface area (Å²) in [4.78, 5) is 13.9. The van der Waals surface area contributed by atoms with E-state index in [4.69, 9.17) is 0 Å². The van der Waals surface area contributed by atoms with Crippen molar-refractivity contribution in [2.75, 3.05) is 4.31 Å². The monoisotopic (exact) mass is 510 g/mol. The second kappa shape index (κ2) is 10.6. The number of rotatable bonds is 7. The van der Waals surface area contributed by atoms with Crippen LogP contribution in [0.25, 0.3) is 0 Å². The average Bonchev–Trinajstić information content (AvgIpc) is 2.93. The van der Waals surface area contributed by atoms with Gasteiger partial charge in [-0.25, -0.2) is 8.42 Å². The van der Waals surface area contributed by atoms with E-state index in [1.807, 2.05) is 49.4 Å². The minimum Gasteiger partial charge on any atom is -0.345 e. The summed E-state index contributed by atoms with van der Waals surface area (Å²) in [6.45, 7) is 2.02. The van der Waals surface area contributed by atoms with Crippen LogP contribution >= 0.6 is 0 Å². The number of para-hydroxylation sites is 1. The zero-order valence-corrected chi connectivity index (χ0v) is 21.6. The summed E-state index contributed by atoms with van der Waals surface area (Å²) >= 11 is 0. The molecule has 6 heteroatoms. The second-order valence-corrected chi connectivity index (χ2v) is 11.3. The number of aryl methyl sites for hydroxylation is 2. The van der Waals surface area contributed by atoms with Crippen LogP contribution in [-0.4, -0.2) is 14.3 Å². The Morgan fingerprint density at radius 1 is 0.865 bits per heavy atom. The minimum absolute atomic E-state index is 0.105. The summed E-state index contributed by atoms with van der Waals surface area (Å²) in [5.74, 6) is -0.283. The summed E-state index contributed by atoms with van der Waals surface area (Å²) in [7, 11) is -3.95. The molecule has 1 aliphatic carbocycles. The molecule has 37 heavy (non-hydrogen) atoms. The zero-order chi connectivity index (χ0) is 25.8. The molecule has 0 saturated heterocycles. The van der Waals surface area contributed by atoms with Gasteiger partial charge in [-0.05, 0) is 67.1 Å². The van der Waals surface area contributed by atoms with Crippen molar-refractivity contribution >= 4 is 21.6 Å². The fourth-order valence-electron chi connectivity index (χ4n) is 4.91. The van der Waals surface area contributed by atoms with Crippen molar-refractivity contribution in [3.63, 3.8) is 0 Å². The number of benzene rings is 4. The molecule has 0 aliphatic heterocycles. The number of amides is 1. The van der Waals surface area contributed by atoms with Crippen molar-refractivity contribution in [1.29, 1.82) is 0 Å². The molecular formula is C31H30N2O3S. The van der Waals surface area contributed by atoms with Crippen LogP contribution in [0.4, 0.5) is 5.69 Å². The van der Waals surface area contributed by atoms with E-state index in [0.29, 0.717) is 11.3 Å². The van der Waals surface area contributed by atoms with E-state index in [2.05, 4.69) is 17.4 Å². The topological polar surface area (TPSA) is 66.5 Å². The first-order valence-electron chi connectivity index (χ1n) is 12.5. The fraction of sp³-hybridized carbons (Fsp3) is 0.194. The Morgan fingerprint density at radius 2 is 1.54 bits per heavy atom. The molecule has 0 saturated carbocycles. The van der Waals surface area contributed by atoms with Crippen LogP contribution in [0.5, 0.6) is 0 Å². The van der Waals surface area contributed by atoms with E-state index in [1.54, 1.807) is 48.5 Å². The highest BCUT2D eigenvalue weighted by Crippen LogP contribution is 2.32. The highest BCUT2D eigenvalue weighted by Gasteiger charge is 2.30. The molecule has 0 fully saturated rings. The van der Waals surface area contributed by atoms with E-state index in [1.165, 1.54) is 9.87 Å². The maximum absolute atomic E-state index is 14.0. The maximum atomic E-state index is 14.0. The molecule has 0 unspecified atom stereocenters. The molecule has 1 atom stereocenters. The molecule has 0 radical (unpaired) electrons. The van der Waals surface area contributed by atoms with Gasteiger partial charge in [0.25, 0.3) is 15.9 Å². The van der Waals surface area contributed by atoms with Gasteiger partial charge in [-0.15, -0.1) is 0 Å². The van der Waals surface area contributed by atoms with Gasteiger partial charge in [0, 0.05) is 0 Å². The molecule has 1 amide bonds. The van der Waals surface area contributed by atoms with Gasteiger partial charge in [-0.1, -0.05) is 84.4 Å². The molecule has 5 nitrogen and oxygen atoms in total. The number of anilines is 1. The van der Waals surface area contributed by atoms with Crippen molar-refractivity contribution in [2.45, 2.75) is 43.7 Å². The van der Waals surface area contributed by atoms with Gasteiger partial charge in [0.2, 0.25) is 0 Å². The van der Waals surface area contributed by atoms with Crippen LogP contribution in [-0.2, 0) is 23.0 Å². The molecule has 4 aromatic rings. The lowest BCUT2D eigenvalue weighted by Gasteiger charge is -2.29. The van der Waals surface area contributed by atoms with Crippen molar-refractivity contribution in [3.05, 3.63) is 131 Å². The summed E-state index contributed by atoms with van der Waals surface area (Å²) in [5, 5.41) is 3.19. The molecule has 1 N–H and O–H groups in total. The summed E-state index contributed by atoms with van der Waals surface area (Å²) in [6, 6.07) is 31.3. The highest BCUT2D eigenvalue weighted by molar-refractivity contribution is 7.92. The Morgan fingerprint density at radius 3 is 2.32 bits per heavy atom. The van der Waals surface area contributed by atoms with E-state index in [-0.39, 0.29) is 23.4 Å². The van der Waals surface area contributed by atoms with Crippen LogP contribution in [0.1, 0.15) is 51.5 Å². The van der Waals surface area contributed by atoms with E-state index < -0.39 is 10.0 Å². The first-order chi connectivity index (χ1) is 17.9. The van der Waals surface area contributed by atoms with Crippen LogP contribution in [0.15, 0.2) is 108 Å². The smallest absolute Gasteiger partial charge is 0.264 e. The number of nitrogens with zero attached hydrogens (tertiary/aromatic N) is 1. The summed E-state index contributed by atoms with van der Waals surface area (Å²) in [5.41, 5.74) is 4.87. The van der Waals surface area contributed by atoms with Gasteiger partial charge in [-0.2, -0.15) is 0 Å². The van der Waals surface area contributed by atoms with Gasteiger partial charge >= 0.3 is 0 Å². The summed E-state index contributed by atoms with van der Waals surface area (Å²) < 4.78 is 29.3. The lowest BCUT2D eigenvalue weighted by atomic mass is 9.87. The number of carbonyl (C=O) groups excluding carboxylic acids is 1. The molecule has 4 aromatic carbocycles. The van der Waals surface area contributed by atoms with Gasteiger partial charge in [-0.3, -0.25) is 9.10 Å². The van der Waals surface area contributed by atoms with Crippen molar-refractivity contribution in [3.8, 4) is 0 Å². The number of carbonyl (C=O) groups is 1. The Balaban J connectivity index is 1.54. The predicted octanol–water partition coefficient (Wildman–Crippen LogP) is 6.20. The van der Waals surface area contributed by atoms with Crippen LogP contribution in [0.3, 0.4) is 0 Å². The SMILES string of the molecule is Cc1ccc(S(=O)(=O)N(Cc2ccccc2)c2ccccc2C(=O)N[C@H]2CCCc3ccccc32)cc1. The van der Waals surface area contributed by atoms with Crippen LogP contribution in [0, 0.1) is 6.92 Å². The Hall–Kier alpha value is -3.90. The number of hydrogen-bond acceptors (Lipinski definition) is 3. The van der Waals surface area contributed by atoms with E-state index in [9.17, 15) is 13.2 Å². The van der Waals surface area contributed by atoms with Crippen molar-refractivity contribution in [2.24, 2.45) is 0 Å². The van der Waals surface area contributed by atoms with Crippen molar-refractivity contribution < 1.29 is 13.2 Å². The lowest BCUT2D eigenvalue weighted by molar-refractivity contribution is 0.0933. The van der Waals surface area contributed by atoms with Crippen LogP contribution < -0.4 is 9.62 Å². The molecule has 188 valence electrons. The fourth-order valence-corrected chi connectivity index (χ4v) is 6.38. The second-order valence-electron chi connectivity index (χ2n) is 9.44. The third kappa shape index (κ3) is 5.30. The van der Waals surface area contributed by atoms with E-state index >= 15 is 0 Å². The molecule has 0 bridgehead atoms. The van der Waals surface area contributed by atoms with Gasteiger partial charge in [0.05, 0.1) is 28.7 Å². The number of hydrogen-bond donors (Lipinski definition) is 1. The number of sulfonamides is 1. The normalized spacial score (nSPS) is 15.0. The standard InChI is InChI=1S/C31H30N2O3S/c1-23-18-20-26(21-19-23)37(35,36)33(22-24-10-3-2-4-11-24)30-17-8-7-15-28(30)31(34)32-29-16-9-13-25-12-5-6-14-27(25)29/h2-8,10-12,14-15,17-21,29H,9,13,16,22H2,1H3,(H,32,34)/t29-/m0/s1. The average molecular weight is 511 g/mol. The quantitative estimate of drug-likeness (QED) is 0.322. The highest BCUT2D eigenvalue weighted by atomic mass is 32.2. The number of nitrogens with one attached hydrogen (secondary N) is 1. The largest absolute Gasteiger partial charge is 0.345 e. The van der Waals surface area contributed by atoms with Gasteiger partial charge < -0.3 is 5.32 Å². The maximum Gasteiger partial charge on any atom is 0.264 e.